The first-order chi connectivity index (χ1) is 18.4. The van der Waals surface area contributed by atoms with E-state index in [9.17, 15) is 14.4 Å². The molecule has 10 heteroatoms. The molecule has 0 bridgehead atoms. The summed E-state index contributed by atoms with van der Waals surface area (Å²) in [5.41, 5.74) is 0.803. The molecule has 2 aromatic rings. The van der Waals surface area contributed by atoms with Crippen LogP contribution >= 0.6 is 0 Å². The first kappa shape index (κ1) is 29.6. The second-order valence-corrected chi connectivity index (χ2v) is 10.7. The van der Waals surface area contributed by atoms with E-state index in [1.807, 2.05) is 19.9 Å². The number of anilines is 1. The minimum atomic E-state index is -0.794. The van der Waals surface area contributed by atoms with Crippen LogP contribution in [0.25, 0.3) is 0 Å². The summed E-state index contributed by atoms with van der Waals surface area (Å²) in [4.78, 5) is 38.7. The van der Waals surface area contributed by atoms with Crippen LogP contribution in [-0.4, -0.2) is 50.8 Å². The molecule has 10 nitrogen and oxygen atoms in total. The number of hydrogen-bond acceptors (Lipinski definition) is 8. The van der Waals surface area contributed by atoms with Crippen LogP contribution in [0.5, 0.6) is 23.0 Å². The highest BCUT2D eigenvalue weighted by Crippen LogP contribution is 2.49. The Hall–Kier alpha value is -3.95. The van der Waals surface area contributed by atoms with Gasteiger partial charge < -0.3 is 34.3 Å². The van der Waals surface area contributed by atoms with Gasteiger partial charge in [0.05, 0.1) is 27.8 Å². The van der Waals surface area contributed by atoms with Crippen molar-refractivity contribution in [2.24, 2.45) is 5.92 Å². The highest BCUT2D eigenvalue weighted by molar-refractivity contribution is 6.04. The fraction of sp³-hybridized carbons (Fsp3) is 0.483. The molecule has 39 heavy (non-hydrogen) atoms. The molecule has 212 valence electrons. The Morgan fingerprint density at radius 3 is 2.33 bits per heavy atom. The zero-order valence-corrected chi connectivity index (χ0v) is 23.8. The van der Waals surface area contributed by atoms with Gasteiger partial charge in [-0.15, -0.1) is 0 Å². The Labute approximate surface area is 229 Å². The maximum absolute atomic E-state index is 13.2. The minimum Gasteiger partial charge on any atom is -0.493 e. The molecule has 2 amide bonds. The van der Waals surface area contributed by atoms with E-state index in [0.29, 0.717) is 40.5 Å². The maximum Gasteiger partial charge on any atom is 0.408 e. The minimum absolute atomic E-state index is 0.0619. The molecule has 2 atom stereocenters. The molecule has 0 spiro atoms. The molecule has 1 aliphatic heterocycles. The van der Waals surface area contributed by atoms with Crippen molar-refractivity contribution in [3.8, 4) is 23.0 Å². The Balaban J connectivity index is 1.82. The molecule has 0 fully saturated rings. The number of hydrogen-bond donors (Lipinski definition) is 2. The maximum atomic E-state index is 13.2. The van der Waals surface area contributed by atoms with Crippen LogP contribution in [0.4, 0.5) is 10.5 Å². The fourth-order valence-electron chi connectivity index (χ4n) is 4.34. The number of ketones is 1. The number of Topliss-reactive ketones (excluding diaryl/α,β-unsaturated/α-hetero) is 1. The highest BCUT2D eigenvalue weighted by atomic mass is 16.6. The van der Waals surface area contributed by atoms with Crippen molar-refractivity contribution in [2.75, 3.05) is 26.6 Å². The molecule has 3 rings (SSSR count). The zero-order chi connectivity index (χ0) is 28.9. The summed E-state index contributed by atoms with van der Waals surface area (Å²) in [6, 6.07) is 7.88. The topological polar surface area (TPSA) is 121 Å². The number of alkyl carbamates (subject to hydrolysis) is 1. The number of rotatable bonds is 9. The molecule has 1 heterocycles. The average Bonchev–Trinajstić information content (AvgIpc) is 2.85. The summed E-state index contributed by atoms with van der Waals surface area (Å²) in [5, 5.41) is 5.54. The third kappa shape index (κ3) is 7.34. The van der Waals surface area contributed by atoms with Gasteiger partial charge in [-0.05, 0) is 50.8 Å². The van der Waals surface area contributed by atoms with E-state index < -0.39 is 23.8 Å². The molecule has 0 saturated heterocycles. The van der Waals surface area contributed by atoms with Gasteiger partial charge in [-0.3, -0.25) is 9.59 Å². The number of amides is 2. The number of methoxy groups -OCH3 is 3. The first-order valence-corrected chi connectivity index (χ1v) is 12.8. The summed E-state index contributed by atoms with van der Waals surface area (Å²) in [5.74, 6) is 0.859. The zero-order valence-electron chi connectivity index (χ0n) is 23.8. The normalized spacial score (nSPS) is 15.5. The molecular weight excluding hydrogens is 504 g/mol. The van der Waals surface area contributed by atoms with Crippen LogP contribution < -0.4 is 29.6 Å². The second-order valence-electron chi connectivity index (χ2n) is 10.7. The van der Waals surface area contributed by atoms with E-state index in [1.54, 1.807) is 45.0 Å². The van der Waals surface area contributed by atoms with Gasteiger partial charge in [0.1, 0.15) is 29.1 Å². The van der Waals surface area contributed by atoms with Crippen molar-refractivity contribution >= 4 is 23.5 Å². The van der Waals surface area contributed by atoms with Crippen LogP contribution in [0.2, 0.25) is 0 Å². The van der Waals surface area contributed by atoms with Gasteiger partial charge in [0.15, 0.2) is 17.3 Å². The highest BCUT2D eigenvalue weighted by Gasteiger charge is 2.34. The Morgan fingerprint density at radius 2 is 1.74 bits per heavy atom. The van der Waals surface area contributed by atoms with Crippen LogP contribution in [0.1, 0.15) is 69.5 Å². The summed E-state index contributed by atoms with van der Waals surface area (Å²) in [7, 11) is 4.41. The summed E-state index contributed by atoms with van der Waals surface area (Å²) in [6.07, 6.45) is -0.773. The molecule has 1 unspecified atom stereocenters. The monoisotopic (exact) mass is 542 g/mol. The Morgan fingerprint density at radius 1 is 1.05 bits per heavy atom. The molecule has 0 aromatic heterocycles. The lowest BCUT2D eigenvalue weighted by Gasteiger charge is -2.28. The SMILES string of the molecule is COc1cc2c(c(OC)c1OC)C(=O)CC(c1cccc(NC(=O)[C@H](CC(C)C)NC(=O)OC(C)(C)C)c1)O2. The van der Waals surface area contributed by atoms with E-state index in [1.165, 1.54) is 21.3 Å². The quantitative estimate of drug-likeness (QED) is 0.438. The van der Waals surface area contributed by atoms with Gasteiger partial charge in [-0.1, -0.05) is 26.0 Å². The van der Waals surface area contributed by atoms with E-state index in [0.717, 1.165) is 0 Å². The lowest BCUT2D eigenvalue weighted by atomic mass is 9.94. The van der Waals surface area contributed by atoms with Crippen molar-refractivity contribution in [2.45, 2.75) is 65.2 Å². The molecule has 0 radical (unpaired) electrons. The summed E-state index contributed by atoms with van der Waals surface area (Å²) < 4.78 is 27.8. The third-order valence-electron chi connectivity index (χ3n) is 5.95. The lowest BCUT2D eigenvalue weighted by Crippen LogP contribution is -2.46. The van der Waals surface area contributed by atoms with Crippen molar-refractivity contribution < 1.29 is 38.1 Å². The predicted octanol–water partition coefficient (Wildman–Crippen LogP) is 5.30. The largest absolute Gasteiger partial charge is 0.493 e. The summed E-state index contributed by atoms with van der Waals surface area (Å²) >= 11 is 0. The molecule has 2 N–H and O–H groups in total. The summed E-state index contributed by atoms with van der Waals surface area (Å²) in [6.45, 7) is 9.21. The number of ether oxygens (including phenoxy) is 5. The number of carbonyl (C=O) groups excluding carboxylic acids is 3. The number of nitrogens with one attached hydrogen (secondary N) is 2. The van der Waals surface area contributed by atoms with Gasteiger partial charge in [-0.2, -0.15) is 0 Å². The van der Waals surface area contributed by atoms with Crippen molar-refractivity contribution in [1.82, 2.24) is 5.32 Å². The van der Waals surface area contributed by atoms with Crippen LogP contribution in [0.15, 0.2) is 30.3 Å². The van der Waals surface area contributed by atoms with E-state index in [2.05, 4.69) is 10.6 Å². The van der Waals surface area contributed by atoms with Crippen LogP contribution in [-0.2, 0) is 9.53 Å². The van der Waals surface area contributed by atoms with Gasteiger partial charge in [0.2, 0.25) is 11.7 Å². The molecule has 0 aliphatic carbocycles. The van der Waals surface area contributed by atoms with E-state index in [4.69, 9.17) is 23.7 Å². The molecule has 0 saturated carbocycles. The predicted molar refractivity (Wildman–Crippen MR) is 146 cm³/mol. The third-order valence-corrected chi connectivity index (χ3v) is 5.95. The second kappa shape index (κ2) is 12.3. The lowest BCUT2D eigenvalue weighted by molar-refractivity contribution is -0.118. The Kier molecular flexibility index (Phi) is 9.32. The van der Waals surface area contributed by atoms with Crippen molar-refractivity contribution in [3.63, 3.8) is 0 Å². The van der Waals surface area contributed by atoms with Crippen LogP contribution in [0.3, 0.4) is 0 Å². The smallest absolute Gasteiger partial charge is 0.408 e. The van der Waals surface area contributed by atoms with Gasteiger partial charge in [0, 0.05) is 11.8 Å². The van der Waals surface area contributed by atoms with Gasteiger partial charge >= 0.3 is 6.09 Å². The standard InChI is InChI=1S/C29H38N2O8/c1-16(2)12-19(31-28(34)39-29(3,4)5)27(33)30-18-11-9-10-17(13-18)21-14-20(32)24-22(38-21)15-23(35-6)25(36-7)26(24)37-8/h9-11,13,15-16,19,21H,12,14H2,1-8H3,(H,30,33)(H,31,34)/t19-,21?/m0/s1. The fourth-order valence-corrected chi connectivity index (χ4v) is 4.34. The van der Waals surface area contributed by atoms with Crippen molar-refractivity contribution in [1.29, 1.82) is 0 Å². The Bertz CT molecular complexity index is 1220. The molecular formula is C29H38N2O8. The van der Waals surface area contributed by atoms with E-state index >= 15 is 0 Å². The average molecular weight is 543 g/mol. The molecule has 1 aliphatic rings. The van der Waals surface area contributed by atoms with Gasteiger partial charge in [0.25, 0.3) is 0 Å². The number of benzene rings is 2. The van der Waals surface area contributed by atoms with E-state index in [-0.39, 0.29) is 29.8 Å². The molecule has 2 aromatic carbocycles. The first-order valence-electron chi connectivity index (χ1n) is 12.8. The van der Waals surface area contributed by atoms with Gasteiger partial charge in [-0.25, -0.2) is 4.79 Å². The van der Waals surface area contributed by atoms with Crippen molar-refractivity contribution in [3.05, 3.63) is 41.5 Å². The number of carbonyl (C=O) groups is 3. The van der Waals surface area contributed by atoms with Crippen LogP contribution in [0, 0.1) is 5.92 Å². The number of fused-ring (bicyclic) bond motifs is 1.